The van der Waals surface area contributed by atoms with Gasteiger partial charge in [-0.2, -0.15) is 0 Å². The maximum absolute atomic E-state index is 13.4. The number of amides is 1. The van der Waals surface area contributed by atoms with Crippen molar-refractivity contribution in [3.8, 4) is 0 Å². The molecule has 2 aromatic rings. The van der Waals surface area contributed by atoms with Gasteiger partial charge in [0.2, 0.25) is 5.91 Å². The first-order valence-corrected chi connectivity index (χ1v) is 14.0. The number of aromatic nitrogens is 3. The third-order valence-electron chi connectivity index (χ3n) is 8.66. The Morgan fingerprint density at radius 1 is 1.08 bits per heavy atom. The number of likely N-dealkylation sites (tertiary alicyclic amines) is 1. The highest BCUT2D eigenvalue weighted by Gasteiger charge is 2.43. The summed E-state index contributed by atoms with van der Waals surface area (Å²) in [5, 5.41) is 9.55. The fraction of sp³-hybridized carbons (Fsp3) is 0.667. The van der Waals surface area contributed by atoms with Crippen LogP contribution in [-0.4, -0.2) is 44.4 Å². The molecule has 1 aliphatic heterocycles. The fourth-order valence-corrected chi connectivity index (χ4v) is 6.43. The van der Waals surface area contributed by atoms with Gasteiger partial charge < -0.3 is 9.47 Å². The van der Waals surface area contributed by atoms with Gasteiger partial charge in [-0.25, -0.2) is 0 Å². The molecular weight excluding hydrogens is 448 g/mol. The number of nitrogens with zero attached hydrogens (tertiary/aromatic N) is 4. The van der Waals surface area contributed by atoms with Crippen molar-refractivity contribution in [2.75, 3.05) is 13.1 Å². The highest BCUT2D eigenvalue weighted by molar-refractivity contribution is 5.82. The molecule has 0 spiro atoms. The molecule has 1 saturated heterocycles. The van der Waals surface area contributed by atoms with Gasteiger partial charge in [-0.3, -0.25) is 9.59 Å². The number of hydrogen-bond donors (Lipinski definition) is 0. The first-order chi connectivity index (χ1) is 17.2. The van der Waals surface area contributed by atoms with Gasteiger partial charge >= 0.3 is 0 Å². The number of rotatable bonds is 10. The van der Waals surface area contributed by atoms with Gasteiger partial charge in [-0.15, -0.1) is 10.2 Å². The normalized spacial score (nSPS) is 22.9. The van der Waals surface area contributed by atoms with E-state index in [1.807, 2.05) is 4.90 Å². The van der Waals surface area contributed by atoms with Crippen LogP contribution in [0.1, 0.15) is 106 Å². The molecule has 5 rings (SSSR count). The molecule has 0 bridgehead atoms. The number of aryl methyl sites for hydroxylation is 2. The highest BCUT2D eigenvalue weighted by atomic mass is 16.2. The van der Waals surface area contributed by atoms with Gasteiger partial charge in [-0.1, -0.05) is 37.6 Å². The summed E-state index contributed by atoms with van der Waals surface area (Å²) < 4.78 is 2.43. The van der Waals surface area contributed by atoms with Crippen LogP contribution in [0.4, 0.5) is 0 Å². The van der Waals surface area contributed by atoms with E-state index in [0.29, 0.717) is 37.9 Å². The molecule has 0 radical (unpaired) electrons. The van der Waals surface area contributed by atoms with Gasteiger partial charge in [0.15, 0.2) is 0 Å². The van der Waals surface area contributed by atoms with Crippen LogP contribution in [0.5, 0.6) is 0 Å². The number of ketones is 1. The van der Waals surface area contributed by atoms with Crippen LogP contribution in [0.15, 0.2) is 18.2 Å². The second kappa shape index (κ2) is 10.1. The molecule has 1 amide bonds. The molecule has 36 heavy (non-hydrogen) atoms. The lowest BCUT2D eigenvalue weighted by Gasteiger charge is -2.43. The predicted molar refractivity (Wildman–Crippen MR) is 141 cm³/mol. The van der Waals surface area contributed by atoms with E-state index in [0.717, 1.165) is 29.0 Å². The maximum Gasteiger partial charge on any atom is 0.219 e. The number of benzene rings is 1. The summed E-state index contributed by atoms with van der Waals surface area (Å²) >= 11 is 0. The van der Waals surface area contributed by atoms with Crippen molar-refractivity contribution >= 4 is 11.7 Å². The number of carbonyl (C=O) groups excluding carboxylic acids is 2. The Bertz CT molecular complexity index is 1120. The molecule has 0 N–H and O–H groups in total. The van der Waals surface area contributed by atoms with E-state index in [9.17, 15) is 9.59 Å². The molecule has 3 aliphatic rings. The molecule has 6 heteroatoms. The zero-order valence-electron chi connectivity index (χ0n) is 22.7. The molecule has 2 saturated carbocycles. The smallest absolute Gasteiger partial charge is 0.219 e. The summed E-state index contributed by atoms with van der Waals surface area (Å²) in [5.74, 6) is 4.84. The molecule has 1 aromatic carbocycles. The average Bonchev–Trinajstić information content (AvgIpc) is 3.49. The number of hydrogen-bond acceptors (Lipinski definition) is 4. The van der Waals surface area contributed by atoms with Crippen molar-refractivity contribution in [2.24, 2.45) is 17.8 Å². The third kappa shape index (κ3) is 5.28. The molecule has 6 nitrogen and oxygen atoms in total. The summed E-state index contributed by atoms with van der Waals surface area (Å²) in [5.41, 5.74) is 3.51. The Morgan fingerprint density at radius 2 is 1.81 bits per heavy atom. The SMILES string of the molecule is CC(=O)N1CC([C@H](CC(=O)Cc2ccc(C)cc2C)c2nnc(C3CC(CC(C)C)C3)n2C2CC2)C1. The van der Waals surface area contributed by atoms with Crippen LogP contribution in [0.2, 0.25) is 0 Å². The van der Waals surface area contributed by atoms with Crippen LogP contribution in [0, 0.1) is 31.6 Å². The zero-order valence-corrected chi connectivity index (χ0v) is 22.7. The lowest BCUT2D eigenvalue weighted by molar-refractivity contribution is -0.135. The second-order valence-corrected chi connectivity index (χ2v) is 12.3. The largest absolute Gasteiger partial charge is 0.342 e. The Balaban J connectivity index is 1.37. The van der Waals surface area contributed by atoms with E-state index in [-0.39, 0.29) is 23.5 Å². The number of Topliss-reactive ketones (excluding diaryl/α,β-unsaturated/α-hetero) is 1. The van der Waals surface area contributed by atoms with Gasteiger partial charge in [0.1, 0.15) is 17.4 Å². The lowest BCUT2D eigenvalue weighted by Crippen LogP contribution is -2.52. The van der Waals surface area contributed by atoms with E-state index in [2.05, 4.69) is 50.5 Å². The molecule has 2 aliphatic carbocycles. The Hall–Kier alpha value is -2.50. The van der Waals surface area contributed by atoms with E-state index >= 15 is 0 Å². The topological polar surface area (TPSA) is 68.1 Å². The second-order valence-electron chi connectivity index (χ2n) is 12.3. The van der Waals surface area contributed by atoms with E-state index < -0.39 is 0 Å². The molecule has 1 aromatic heterocycles. The summed E-state index contributed by atoms with van der Waals surface area (Å²) in [4.78, 5) is 27.2. The first-order valence-electron chi connectivity index (χ1n) is 14.0. The van der Waals surface area contributed by atoms with Crippen molar-refractivity contribution in [1.82, 2.24) is 19.7 Å². The van der Waals surface area contributed by atoms with Crippen molar-refractivity contribution < 1.29 is 9.59 Å². The van der Waals surface area contributed by atoms with Crippen LogP contribution in [0.3, 0.4) is 0 Å². The summed E-state index contributed by atoms with van der Waals surface area (Å²) in [6.07, 6.45) is 6.98. The minimum absolute atomic E-state index is 0.0206. The van der Waals surface area contributed by atoms with Crippen molar-refractivity contribution in [2.45, 2.75) is 97.4 Å². The van der Waals surface area contributed by atoms with E-state index in [4.69, 9.17) is 10.2 Å². The Morgan fingerprint density at radius 3 is 2.42 bits per heavy atom. The highest BCUT2D eigenvalue weighted by Crippen LogP contribution is 2.48. The van der Waals surface area contributed by atoms with Crippen molar-refractivity contribution in [3.63, 3.8) is 0 Å². The van der Waals surface area contributed by atoms with Crippen LogP contribution in [0.25, 0.3) is 0 Å². The van der Waals surface area contributed by atoms with Gasteiger partial charge in [0, 0.05) is 56.7 Å². The molecule has 3 fully saturated rings. The molecule has 1 atom stereocenters. The van der Waals surface area contributed by atoms with Gasteiger partial charge in [-0.05, 0) is 68.9 Å². The molecular formula is C30H42N4O2. The molecule has 194 valence electrons. The zero-order chi connectivity index (χ0) is 25.6. The summed E-state index contributed by atoms with van der Waals surface area (Å²) in [6.45, 7) is 11.8. The quantitative estimate of drug-likeness (QED) is 0.439. The standard InChI is InChI=1S/C30H42N4O2/c1-18(2)10-22-12-24(13-22)29-31-32-30(34(29)26-8-9-26)28(25-16-33(17-25)21(5)35)15-27(36)14-23-7-6-19(3)11-20(23)4/h6-7,11,18,22,24-26,28H,8-10,12-17H2,1-5H3/t22?,24?,28-/m0/s1. The minimum Gasteiger partial charge on any atom is -0.342 e. The summed E-state index contributed by atoms with van der Waals surface area (Å²) in [7, 11) is 0. The maximum atomic E-state index is 13.4. The Labute approximate surface area is 215 Å². The van der Waals surface area contributed by atoms with E-state index in [1.165, 1.54) is 43.2 Å². The van der Waals surface area contributed by atoms with E-state index in [1.54, 1.807) is 6.92 Å². The van der Waals surface area contributed by atoms with Crippen LogP contribution in [-0.2, 0) is 16.0 Å². The average molecular weight is 491 g/mol. The van der Waals surface area contributed by atoms with Gasteiger partial charge in [0.25, 0.3) is 0 Å². The predicted octanol–water partition coefficient (Wildman–Crippen LogP) is 5.53. The third-order valence-corrected chi connectivity index (χ3v) is 8.66. The van der Waals surface area contributed by atoms with Gasteiger partial charge in [0.05, 0.1) is 0 Å². The summed E-state index contributed by atoms with van der Waals surface area (Å²) in [6, 6.07) is 6.81. The van der Waals surface area contributed by atoms with Crippen molar-refractivity contribution in [1.29, 1.82) is 0 Å². The minimum atomic E-state index is 0.0206. The van der Waals surface area contributed by atoms with Crippen LogP contribution < -0.4 is 0 Å². The number of carbonyl (C=O) groups is 2. The molecule has 0 unspecified atom stereocenters. The molecule has 2 heterocycles. The monoisotopic (exact) mass is 490 g/mol. The lowest BCUT2D eigenvalue weighted by atomic mass is 9.71. The van der Waals surface area contributed by atoms with Crippen molar-refractivity contribution in [3.05, 3.63) is 46.5 Å². The Kier molecular flexibility index (Phi) is 7.06. The van der Waals surface area contributed by atoms with Crippen LogP contribution >= 0.6 is 0 Å². The first kappa shape index (κ1) is 25.2. The fourth-order valence-electron chi connectivity index (χ4n) is 6.43.